The summed E-state index contributed by atoms with van der Waals surface area (Å²) in [6.07, 6.45) is -1.38. The first-order valence-electron chi connectivity index (χ1n) is 5.00. The number of aliphatic hydroxyl groups is 2. The Morgan fingerprint density at radius 3 is 2.82 bits per heavy atom. The van der Waals surface area contributed by atoms with Crippen molar-refractivity contribution >= 4 is 10.8 Å². The second-order valence-electron chi connectivity index (χ2n) is 3.62. The molecule has 0 aliphatic carbocycles. The first-order chi connectivity index (χ1) is 8.17. The number of H-pyrrole nitrogens is 1. The quantitative estimate of drug-likeness (QED) is 0.657. The topological polar surface area (TPSA) is 97.1 Å². The van der Waals surface area contributed by atoms with Crippen LogP contribution in [0.2, 0.25) is 0 Å². The molecule has 86 valence electrons. The van der Waals surface area contributed by atoms with E-state index in [1.54, 1.807) is 24.3 Å². The van der Waals surface area contributed by atoms with Crippen molar-refractivity contribution in [3.05, 3.63) is 45.9 Å². The van der Waals surface area contributed by atoms with Crippen molar-refractivity contribution in [3.63, 3.8) is 0 Å². The lowest BCUT2D eigenvalue weighted by Crippen LogP contribution is -2.12. The van der Waals surface area contributed by atoms with Gasteiger partial charge in [0.25, 0.3) is 5.56 Å². The van der Waals surface area contributed by atoms with Crippen molar-refractivity contribution in [1.29, 1.82) is 5.26 Å². The van der Waals surface area contributed by atoms with E-state index in [-0.39, 0.29) is 17.9 Å². The molecule has 0 fully saturated rings. The summed E-state index contributed by atoms with van der Waals surface area (Å²) in [7, 11) is 0. The minimum atomic E-state index is -1.38. The van der Waals surface area contributed by atoms with E-state index in [0.717, 1.165) is 0 Å². The molecule has 0 spiro atoms. The first kappa shape index (κ1) is 11.3. The van der Waals surface area contributed by atoms with Crippen molar-refractivity contribution in [3.8, 4) is 6.07 Å². The highest BCUT2D eigenvalue weighted by atomic mass is 16.3. The van der Waals surface area contributed by atoms with Crippen molar-refractivity contribution in [2.24, 2.45) is 0 Å². The van der Waals surface area contributed by atoms with Gasteiger partial charge in [0.1, 0.15) is 6.07 Å². The number of benzene rings is 1. The number of aliphatic hydroxyl groups excluding tert-OH is 2. The zero-order chi connectivity index (χ0) is 12.4. The van der Waals surface area contributed by atoms with Crippen LogP contribution in [0.5, 0.6) is 0 Å². The minimum Gasteiger partial charge on any atom is -0.392 e. The van der Waals surface area contributed by atoms with Gasteiger partial charge in [-0.1, -0.05) is 12.1 Å². The number of pyridine rings is 1. The third-order valence-corrected chi connectivity index (χ3v) is 2.59. The molecular weight excluding hydrogens is 220 g/mol. The zero-order valence-corrected chi connectivity index (χ0v) is 8.84. The monoisotopic (exact) mass is 230 g/mol. The van der Waals surface area contributed by atoms with E-state index in [9.17, 15) is 15.0 Å². The van der Waals surface area contributed by atoms with Crippen LogP contribution in [0.4, 0.5) is 0 Å². The van der Waals surface area contributed by atoms with E-state index in [2.05, 4.69) is 4.98 Å². The molecule has 0 bridgehead atoms. The summed E-state index contributed by atoms with van der Waals surface area (Å²) in [6.45, 7) is -0.205. The molecule has 1 atom stereocenters. The summed E-state index contributed by atoms with van der Waals surface area (Å²) in [5.41, 5.74) is 0.327. The number of aromatic nitrogens is 1. The molecule has 17 heavy (non-hydrogen) atoms. The minimum absolute atomic E-state index is 0.130. The van der Waals surface area contributed by atoms with Crippen molar-refractivity contribution in [1.82, 2.24) is 4.98 Å². The predicted molar refractivity (Wildman–Crippen MR) is 61.1 cm³/mol. The third-order valence-electron chi connectivity index (χ3n) is 2.59. The number of hydrogen-bond acceptors (Lipinski definition) is 4. The van der Waals surface area contributed by atoms with E-state index < -0.39 is 6.10 Å². The van der Waals surface area contributed by atoms with Gasteiger partial charge in [0.2, 0.25) is 0 Å². The molecule has 5 heteroatoms. The second kappa shape index (κ2) is 4.37. The average Bonchev–Trinajstić information content (AvgIpc) is 2.37. The molecule has 0 saturated heterocycles. The van der Waals surface area contributed by atoms with Crippen LogP contribution in [0.3, 0.4) is 0 Å². The lowest BCUT2D eigenvalue weighted by Gasteiger charge is -2.07. The molecule has 2 rings (SSSR count). The van der Waals surface area contributed by atoms with Gasteiger partial charge in [-0.2, -0.15) is 5.26 Å². The fourth-order valence-electron chi connectivity index (χ4n) is 1.73. The fraction of sp³-hybridized carbons (Fsp3) is 0.167. The van der Waals surface area contributed by atoms with Gasteiger partial charge < -0.3 is 15.2 Å². The maximum atomic E-state index is 11.7. The number of rotatable bonds is 2. The molecule has 0 aliphatic rings. The summed E-state index contributed by atoms with van der Waals surface area (Å²) in [6, 6.07) is 8.12. The number of nitrogens with zero attached hydrogens (tertiary/aromatic N) is 1. The molecule has 1 aromatic carbocycles. The van der Waals surface area contributed by atoms with Crippen LogP contribution in [-0.2, 0) is 6.61 Å². The van der Waals surface area contributed by atoms with E-state index in [1.165, 1.54) is 6.07 Å². The van der Waals surface area contributed by atoms with E-state index in [0.29, 0.717) is 16.3 Å². The summed E-state index contributed by atoms with van der Waals surface area (Å²) >= 11 is 0. The van der Waals surface area contributed by atoms with Crippen molar-refractivity contribution in [2.45, 2.75) is 12.7 Å². The Balaban J connectivity index is 2.80. The van der Waals surface area contributed by atoms with Gasteiger partial charge in [-0.25, -0.2) is 0 Å². The predicted octanol–water partition coefficient (Wildman–Crippen LogP) is 0.577. The number of fused-ring (bicyclic) bond motifs is 1. The largest absolute Gasteiger partial charge is 0.392 e. The molecule has 1 unspecified atom stereocenters. The maximum Gasteiger partial charge on any atom is 0.256 e. The lowest BCUT2D eigenvalue weighted by atomic mass is 10.0. The highest BCUT2D eigenvalue weighted by molar-refractivity contribution is 5.85. The van der Waals surface area contributed by atoms with E-state index >= 15 is 0 Å². The average molecular weight is 230 g/mol. The van der Waals surface area contributed by atoms with Crippen LogP contribution in [0.25, 0.3) is 10.8 Å². The van der Waals surface area contributed by atoms with Crippen LogP contribution < -0.4 is 5.56 Å². The van der Waals surface area contributed by atoms with Crippen molar-refractivity contribution < 1.29 is 10.2 Å². The van der Waals surface area contributed by atoms with Crippen LogP contribution in [0.15, 0.2) is 29.1 Å². The molecule has 2 aromatic rings. The third kappa shape index (κ3) is 1.91. The van der Waals surface area contributed by atoms with E-state index in [1.807, 2.05) is 0 Å². The highest BCUT2D eigenvalue weighted by Crippen LogP contribution is 2.19. The number of hydrogen-bond donors (Lipinski definition) is 3. The Bertz CT molecular complexity index is 655. The van der Waals surface area contributed by atoms with Crippen molar-refractivity contribution in [2.75, 3.05) is 0 Å². The van der Waals surface area contributed by atoms with Gasteiger partial charge >= 0.3 is 0 Å². The summed E-state index contributed by atoms with van der Waals surface area (Å²) < 4.78 is 0. The van der Waals surface area contributed by atoms with Gasteiger partial charge in [-0.15, -0.1) is 0 Å². The second-order valence-corrected chi connectivity index (χ2v) is 3.62. The van der Waals surface area contributed by atoms with Crippen LogP contribution >= 0.6 is 0 Å². The Kier molecular flexibility index (Phi) is 2.91. The molecule has 0 amide bonds. The number of nitrogens with one attached hydrogen (secondary N) is 1. The zero-order valence-electron chi connectivity index (χ0n) is 8.84. The normalized spacial score (nSPS) is 12.3. The number of aromatic amines is 1. The van der Waals surface area contributed by atoms with E-state index in [4.69, 9.17) is 5.26 Å². The highest BCUT2D eigenvalue weighted by Gasteiger charge is 2.11. The van der Waals surface area contributed by atoms with Gasteiger partial charge in [0, 0.05) is 5.39 Å². The Morgan fingerprint density at radius 2 is 2.18 bits per heavy atom. The summed E-state index contributed by atoms with van der Waals surface area (Å²) in [4.78, 5) is 14.2. The SMILES string of the molecule is N#CC(O)c1cc2c(CO)cccc2c(=O)[nH]1. The standard InChI is InChI=1S/C12H10N2O3/c13-5-11(16)10-4-9-7(6-15)2-1-3-8(9)12(17)14-10/h1-4,11,15-16H,6H2,(H,14,17). The fourth-order valence-corrected chi connectivity index (χ4v) is 1.73. The van der Waals surface area contributed by atoms with Crippen LogP contribution in [0.1, 0.15) is 17.4 Å². The smallest absolute Gasteiger partial charge is 0.256 e. The lowest BCUT2D eigenvalue weighted by molar-refractivity contribution is 0.231. The van der Waals surface area contributed by atoms with Crippen LogP contribution in [0, 0.1) is 11.3 Å². The van der Waals surface area contributed by atoms with Crippen LogP contribution in [-0.4, -0.2) is 15.2 Å². The molecule has 3 N–H and O–H groups in total. The molecule has 0 aliphatic heterocycles. The molecule has 1 aromatic heterocycles. The molecule has 5 nitrogen and oxygen atoms in total. The Labute approximate surface area is 96.6 Å². The molecular formula is C12H10N2O3. The Morgan fingerprint density at radius 1 is 1.41 bits per heavy atom. The summed E-state index contributed by atoms with van der Waals surface area (Å²) in [5.74, 6) is 0. The maximum absolute atomic E-state index is 11.7. The van der Waals surface area contributed by atoms with Gasteiger partial charge in [0.15, 0.2) is 6.10 Å². The van der Waals surface area contributed by atoms with Gasteiger partial charge in [0.05, 0.1) is 12.3 Å². The summed E-state index contributed by atoms with van der Waals surface area (Å²) in [5, 5.41) is 28.1. The first-order valence-corrected chi connectivity index (χ1v) is 5.00. The molecule has 1 heterocycles. The van der Waals surface area contributed by atoms with Gasteiger partial charge in [-0.05, 0) is 23.1 Å². The van der Waals surface area contributed by atoms with Gasteiger partial charge in [-0.3, -0.25) is 4.79 Å². The molecule has 0 saturated carbocycles. The number of nitriles is 1. The molecule has 0 radical (unpaired) electrons. The Hall–Kier alpha value is -2.16.